The molecule has 1 atom stereocenters. The van der Waals surface area contributed by atoms with Crippen LogP contribution in [0, 0.1) is 5.92 Å². The molecule has 2 N–H and O–H groups in total. The number of hydrogen-bond acceptors (Lipinski definition) is 3. The van der Waals surface area contributed by atoms with E-state index in [0.717, 1.165) is 6.92 Å². The van der Waals surface area contributed by atoms with E-state index in [1.54, 1.807) is 0 Å². The Morgan fingerprint density at radius 2 is 1.85 bits per heavy atom. The van der Waals surface area contributed by atoms with Gasteiger partial charge in [0.2, 0.25) is 10.0 Å². The quantitative estimate of drug-likeness (QED) is 0.669. The topological polar surface area (TPSA) is 83.5 Å². The fourth-order valence-electron chi connectivity index (χ4n) is 0.541. The number of hydrogen-bond donors (Lipinski definition) is 2. The van der Waals surface area contributed by atoms with Crippen molar-refractivity contribution in [3.05, 3.63) is 0 Å². The van der Waals surface area contributed by atoms with Crippen molar-refractivity contribution < 1.29 is 18.3 Å². The molecule has 0 saturated heterocycles. The third-order valence-corrected chi connectivity index (χ3v) is 3.21. The first-order chi connectivity index (χ1) is 5.77. The van der Waals surface area contributed by atoms with Crippen molar-refractivity contribution in [3.8, 4) is 0 Å². The van der Waals surface area contributed by atoms with Gasteiger partial charge in [-0.3, -0.25) is 4.79 Å². The maximum atomic E-state index is 11.2. The Morgan fingerprint density at radius 3 is 2.15 bits per heavy atom. The molecule has 0 amide bonds. The van der Waals surface area contributed by atoms with E-state index < -0.39 is 21.2 Å². The summed E-state index contributed by atoms with van der Waals surface area (Å²) in [5.41, 5.74) is 0. The second-order valence-electron chi connectivity index (χ2n) is 3.27. The van der Waals surface area contributed by atoms with Crippen LogP contribution in [0.5, 0.6) is 0 Å². The third-order valence-electron chi connectivity index (χ3n) is 1.51. The highest BCUT2D eigenvalue weighted by atomic mass is 32.2. The monoisotopic (exact) mass is 209 g/mol. The molecule has 0 rings (SSSR count). The minimum Gasteiger partial charge on any atom is -0.480 e. The summed E-state index contributed by atoms with van der Waals surface area (Å²) in [7, 11) is -3.70. The van der Waals surface area contributed by atoms with Gasteiger partial charge in [-0.25, -0.2) is 13.1 Å². The lowest BCUT2D eigenvalue weighted by Crippen LogP contribution is -2.39. The van der Waals surface area contributed by atoms with Gasteiger partial charge in [-0.2, -0.15) is 0 Å². The lowest BCUT2D eigenvalue weighted by molar-refractivity contribution is -0.136. The lowest BCUT2D eigenvalue weighted by atomic mass is 10.2. The highest BCUT2D eigenvalue weighted by Gasteiger charge is 2.26. The molecule has 5 nitrogen and oxygen atoms in total. The Bertz CT molecular complexity index is 270. The molecule has 0 spiro atoms. The first-order valence-electron chi connectivity index (χ1n) is 3.98. The standard InChI is InChI=1S/C7H15NO4S/c1-5(2)4-8-13(11,12)6(3)7(9)10/h5-6,8H,4H2,1-3H3,(H,9,10). The summed E-state index contributed by atoms with van der Waals surface area (Å²) in [6.07, 6.45) is 0. The van der Waals surface area contributed by atoms with E-state index in [-0.39, 0.29) is 12.5 Å². The first kappa shape index (κ1) is 12.4. The fourth-order valence-corrected chi connectivity index (χ4v) is 1.62. The van der Waals surface area contributed by atoms with Crippen LogP contribution < -0.4 is 4.72 Å². The van der Waals surface area contributed by atoms with Gasteiger partial charge in [-0.1, -0.05) is 13.8 Å². The van der Waals surface area contributed by atoms with Crippen LogP contribution in [-0.4, -0.2) is 31.3 Å². The molecule has 0 aromatic heterocycles. The number of rotatable bonds is 5. The summed E-state index contributed by atoms with van der Waals surface area (Å²) in [6.45, 7) is 5.09. The average molecular weight is 209 g/mol. The van der Waals surface area contributed by atoms with Crippen LogP contribution in [0.25, 0.3) is 0 Å². The van der Waals surface area contributed by atoms with Gasteiger partial charge in [-0.05, 0) is 12.8 Å². The van der Waals surface area contributed by atoms with Gasteiger partial charge in [0.1, 0.15) is 0 Å². The molecule has 0 radical (unpaired) electrons. The van der Waals surface area contributed by atoms with E-state index in [2.05, 4.69) is 4.72 Å². The summed E-state index contributed by atoms with van der Waals surface area (Å²) in [5.74, 6) is -1.17. The molecule has 6 heteroatoms. The molecule has 0 heterocycles. The Hall–Kier alpha value is -0.620. The SMILES string of the molecule is CC(C)CNS(=O)(=O)C(C)C(=O)O. The number of sulfonamides is 1. The fraction of sp³-hybridized carbons (Fsp3) is 0.857. The summed E-state index contributed by atoms with van der Waals surface area (Å²) in [5, 5.41) is 7.07. The van der Waals surface area contributed by atoms with Gasteiger partial charge in [0.25, 0.3) is 0 Å². The van der Waals surface area contributed by atoms with Crippen molar-refractivity contribution in [3.63, 3.8) is 0 Å². The second-order valence-corrected chi connectivity index (χ2v) is 5.35. The molecule has 0 aliphatic heterocycles. The van der Waals surface area contributed by atoms with Crippen LogP contribution >= 0.6 is 0 Å². The van der Waals surface area contributed by atoms with Crippen molar-refractivity contribution in [2.75, 3.05) is 6.54 Å². The smallest absolute Gasteiger partial charge is 0.323 e. The minimum atomic E-state index is -3.70. The van der Waals surface area contributed by atoms with Crippen LogP contribution in [0.1, 0.15) is 20.8 Å². The first-order valence-corrected chi connectivity index (χ1v) is 5.53. The molecule has 13 heavy (non-hydrogen) atoms. The summed E-state index contributed by atoms with van der Waals surface area (Å²) in [4.78, 5) is 10.4. The Balaban J connectivity index is 4.33. The minimum absolute atomic E-state index is 0.163. The molecule has 0 aromatic carbocycles. The van der Waals surface area contributed by atoms with Gasteiger partial charge in [-0.15, -0.1) is 0 Å². The molecule has 0 aliphatic carbocycles. The van der Waals surface area contributed by atoms with Crippen LogP contribution in [-0.2, 0) is 14.8 Å². The molecule has 0 fully saturated rings. The number of carbonyl (C=O) groups is 1. The zero-order valence-electron chi connectivity index (χ0n) is 7.94. The Labute approximate surface area is 78.2 Å². The highest BCUT2D eigenvalue weighted by Crippen LogP contribution is 1.99. The van der Waals surface area contributed by atoms with Crippen molar-refractivity contribution in [1.82, 2.24) is 4.72 Å². The maximum Gasteiger partial charge on any atom is 0.323 e. The summed E-state index contributed by atoms with van der Waals surface area (Å²) >= 11 is 0. The molecule has 0 bridgehead atoms. The normalized spacial score (nSPS) is 14.5. The van der Waals surface area contributed by atoms with Gasteiger partial charge in [0.05, 0.1) is 0 Å². The second kappa shape index (κ2) is 4.57. The molecular weight excluding hydrogens is 194 g/mol. The number of aliphatic carboxylic acids is 1. The van der Waals surface area contributed by atoms with Crippen LogP contribution in [0.4, 0.5) is 0 Å². The predicted octanol–water partition coefficient (Wildman–Crippen LogP) is 0.0349. The van der Waals surface area contributed by atoms with Gasteiger partial charge in [0.15, 0.2) is 5.25 Å². The molecular formula is C7H15NO4S. The third kappa shape index (κ3) is 4.23. The average Bonchev–Trinajstić information content (AvgIpc) is 1.99. The number of nitrogens with one attached hydrogen (secondary N) is 1. The van der Waals surface area contributed by atoms with Gasteiger partial charge < -0.3 is 5.11 Å². The molecule has 0 saturated carbocycles. The van der Waals surface area contributed by atoms with E-state index in [9.17, 15) is 13.2 Å². The summed E-state index contributed by atoms with van der Waals surface area (Å²) in [6, 6.07) is 0. The zero-order chi connectivity index (χ0) is 10.6. The highest BCUT2D eigenvalue weighted by molar-refractivity contribution is 7.90. The number of carboxylic acids is 1. The molecule has 0 aromatic rings. The molecule has 1 unspecified atom stereocenters. The van der Waals surface area contributed by atoms with Gasteiger partial charge in [0, 0.05) is 6.54 Å². The zero-order valence-corrected chi connectivity index (χ0v) is 8.76. The van der Waals surface area contributed by atoms with Crippen molar-refractivity contribution in [2.24, 2.45) is 5.92 Å². The van der Waals surface area contributed by atoms with E-state index in [0.29, 0.717) is 0 Å². The van der Waals surface area contributed by atoms with E-state index in [1.807, 2.05) is 13.8 Å². The van der Waals surface area contributed by atoms with E-state index >= 15 is 0 Å². The van der Waals surface area contributed by atoms with Crippen LogP contribution in [0.15, 0.2) is 0 Å². The molecule has 78 valence electrons. The van der Waals surface area contributed by atoms with Gasteiger partial charge >= 0.3 is 5.97 Å². The van der Waals surface area contributed by atoms with Crippen molar-refractivity contribution >= 4 is 16.0 Å². The maximum absolute atomic E-state index is 11.2. The van der Waals surface area contributed by atoms with Crippen molar-refractivity contribution in [2.45, 2.75) is 26.0 Å². The van der Waals surface area contributed by atoms with E-state index in [1.165, 1.54) is 0 Å². The Morgan fingerprint density at radius 1 is 1.38 bits per heavy atom. The summed E-state index contributed by atoms with van der Waals surface area (Å²) < 4.78 is 24.6. The lowest BCUT2D eigenvalue weighted by Gasteiger charge is -2.11. The van der Waals surface area contributed by atoms with Crippen LogP contribution in [0.2, 0.25) is 0 Å². The van der Waals surface area contributed by atoms with Crippen molar-refractivity contribution in [1.29, 1.82) is 0 Å². The van der Waals surface area contributed by atoms with E-state index in [4.69, 9.17) is 5.11 Å². The predicted molar refractivity (Wildman–Crippen MR) is 48.9 cm³/mol. The van der Waals surface area contributed by atoms with Crippen LogP contribution in [0.3, 0.4) is 0 Å². The number of carboxylic acid groups (broad SMARTS) is 1. The Kier molecular flexibility index (Phi) is 4.35. The molecule has 0 aliphatic rings. The largest absolute Gasteiger partial charge is 0.480 e.